The van der Waals surface area contributed by atoms with Gasteiger partial charge in [-0.05, 0) is 55.8 Å². The van der Waals surface area contributed by atoms with Crippen molar-refractivity contribution in [3.8, 4) is 0 Å². The van der Waals surface area contributed by atoms with Crippen molar-refractivity contribution < 1.29 is 27.5 Å². The molecule has 0 spiro atoms. The summed E-state index contributed by atoms with van der Waals surface area (Å²) in [7, 11) is -3.77. The number of anilines is 1. The van der Waals surface area contributed by atoms with Gasteiger partial charge in [-0.25, -0.2) is 13.2 Å². The molecule has 1 atom stereocenters. The average molecular weight is 493 g/mol. The summed E-state index contributed by atoms with van der Waals surface area (Å²) in [6, 6.07) is 18.1. The highest BCUT2D eigenvalue weighted by atomic mass is 32.2. The predicted octanol–water partition coefficient (Wildman–Crippen LogP) is 3.57. The number of nitrogens with zero attached hydrogens (tertiary/aromatic N) is 1. The fourth-order valence-corrected chi connectivity index (χ4v) is 4.93. The van der Waals surface area contributed by atoms with Crippen molar-refractivity contribution >= 4 is 33.5 Å². The summed E-state index contributed by atoms with van der Waals surface area (Å²) in [4.78, 5) is 39.7. The standard InChI is InChI=1S/C26H24N2O6S/c1-3-34-26(31)23(28-24(29)21-6-4-5-7-22(21)25(28)30)16-18-10-12-19(13-11-18)27-35(32,33)20-14-8-17(2)9-15-20/h4-15,23,27H,3,16H2,1-2H3. The molecule has 1 aliphatic heterocycles. The summed E-state index contributed by atoms with van der Waals surface area (Å²) in [6.07, 6.45) is 0.0231. The van der Waals surface area contributed by atoms with Crippen LogP contribution in [0.1, 0.15) is 38.8 Å². The number of sulfonamides is 1. The fourth-order valence-electron chi connectivity index (χ4n) is 3.87. The van der Waals surface area contributed by atoms with Gasteiger partial charge in [0.2, 0.25) is 0 Å². The maximum Gasteiger partial charge on any atom is 0.329 e. The second-order valence-corrected chi connectivity index (χ2v) is 9.80. The van der Waals surface area contributed by atoms with E-state index in [1.807, 2.05) is 6.92 Å². The monoisotopic (exact) mass is 492 g/mol. The number of carbonyl (C=O) groups excluding carboxylic acids is 3. The normalized spacial score (nSPS) is 13.9. The van der Waals surface area contributed by atoms with Crippen LogP contribution < -0.4 is 4.72 Å². The molecule has 180 valence electrons. The van der Waals surface area contributed by atoms with E-state index in [0.717, 1.165) is 10.5 Å². The molecule has 3 aromatic carbocycles. The molecule has 1 unspecified atom stereocenters. The number of fused-ring (bicyclic) bond motifs is 1. The molecule has 9 heteroatoms. The van der Waals surface area contributed by atoms with E-state index in [9.17, 15) is 22.8 Å². The number of imide groups is 1. The minimum atomic E-state index is -3.77. The summed E-state index contributed by atoms with van der Waals surface area (Å²) < 4.78 is 32.9. The van der Waals surface area contributed by atoms with Gasteiger partial charge in [0, 0.05) is 12.1 Å². The number of rotatable bonds is 8. The zero-order chi connectivity index (χ0) is 25.2. The van der Waals surface area contributed by atoms with E-state index in [2.05, 4.69) is 4.72 Å². The highest BCUT2D eigenvalue weighted by Crippen LogP contribution is 2.27. The Bertz CT molecular complexity index is 1350. The van der Waals surface area contributed by atoms with Gasteiger partial charge in [-0.3, -0.25) is 19.2 Å². The Hall–Kier alpha value is -3.98. The van der Waals surface area contributed by atoms with Gasteiger partial charge in [0.25, 0.3) is 21.8 Å². The zero-order valence-electron chi connectivity index (χ0n) is 19.2. The van der Waals surface area contributed by atoms with Crippen LogP contribution in [0.4, 0.5) is 5.69 Å². The Morgan fingerprint density at radius 1 is 0.914 bits per heavy atom. The number of benzene rings is 3. The van der Waals surface area contributed by atoms with Gasteiger partial charge >= 0.3 is 5.97 Å². The lowest BCUT2D eigenvalue weighted by atomic mass is 10.0. The Balaban J connectivity index is 1.55. The van der Waals surface area contributed by atoms with Crippen LogP contribution in [0.2, 0.25) is 0 Å². The van der Waals surface area contributed by atoms with Crippen molar-refractivity contribution in [3.63, 3.8) is 0 Å². The SMILES string of the molecule is CCOC(=O)C(Cc1ccc(NS(=O)(=O)c2ccc(C)cc2)cc1)N1C(=O)c2ccccc2C1=O. The van der Waals surface area contributed by atoms with Crippen LogP contribution in [0.25, 0.3) is 0 Å². The van der Waals surface area contributed by atoms with Crippen LogP contribution in [0.3, 0.4) is 0 Å². The molecule has 4 rings (SSSR count). The molecule has 0 saturated heterocycles. The molecule has 1 N–H and O–H groups in total. The van der Waals surface area contributed by atoms with Crippen LogP contribution in [0.15, 0.2) is 77.7 Å². The first-order valence-corrected chi connectivity index (χ1v) is 12.5. The minimum absolute atomic E-state index is 0.0231. The summed E-state index contributed by atoms with van der Waals surface area (Å²) >= 11 is 0. The number of carbonyl (C=O) groups is 3. The minimum Gasteiger partial charge on any atom is -0.464 e. The van der Waals surface area contributed by atoms with Gasteiger partial charge in [0.1, 0.15) is 6.04 Å². The van der Waals surface area contributed by atoms with Gasteiger partial charge in [-0.15, -0.1) is 0 Å². The molecule has 1 aliphatic rings. The van der Waals surface area contributed by atoms with Crippen molar-refractivity contribution in [3.05, 3.63) is 95.1 Å². The molecule has 0 aliphatic carbocycles. The number of amides is 2. The topological polar surface area (TPSA) is 110 Å². The summed E-state index contributed by atoms with van der Waals surface area (Å²) in [5, 5.41) is 0. The quantitative estimate of drug-likeness (QED) is 0.380. The molecule has 3 aromatic rings. The Morgan fingerprint density at radius 3 is 2.03 bits per heavy atom. The fraction of sp³-hybridized carbons (Fsp3) is 0.192. The van der Waals surface area contributed by atoms with Crippen molar-refractivity contribution in [1.82, 2.24) is 4.90 Å². The van der Waals surface area contributed by atoms with E-state index in [-0.39, 0.29) is 29.1 Å². The third-order valence-electron chi connectivity index (χ3n) is 5.66. The predicted molar refractivity (Wildman–Crippen MR) is 129 cm³/mol. The van der Waals surface area contributed by atoms with E-state index in [1.54, 1.807) is 67.6 Å². The second-order valence-electron chi connectivity index (χ2n) is 8.11. The Kier molecular flexibility index (Phi) is 6.70. The first kappa shape index (κ1) is 24.2. The van der Waals surface area contributed by atoms with E-state index in [0.29, 0.717) is 11.3 Å². The molecule has 0 radical (unpaired) electrons. The van der Waals surface area contributed by atoms with Crippen molar-refractivity contribution in [2.75, 3.05) is 11.3 Å². The van der Waals surface area contributed by atoms with E-state index in [4.69, 9.17) is 4.74 Å². The van der Waals surface area contributed by atoms with Gasteiger partial charge in [-0.2, -0.15) is 0 Å². The van der Waals surface area contributed by atoms with Crippen molar-refractivity contribution in [2.24, 2.45) is 0 Å². The van der Waals surface area contributed by atoms with Gasteiger partial charge < -0.3 is 4.74 Å². The molecule has 8 nitrogen and oxygen atoms in total. The van der Waals surface area contributed by atoms with Crippen LogP contribution in [0, 0.1) is 6.92 Å². The molecular weight excluding hydrogens is 468 g/mol. The Morgan fingerprint density at radius 2 is 1.49 bits per heavy atom. The van der Waals surface area contributed by atoms with E-state index >= 15 is 0 Å². The van der Waals surface area contributed by atoms with Gasteiger partial charge in [0.15, 0.2) is 0 Å². The maximum atomic E-state index is 12.9. The number of hydrogen-bond donors (Lipinski definition) is 1. The third-order valence-corrected chi connectivity index (χ3v) is 7.06. The first-order chi connectivity index (χ1) is 16.7. The zero-order valence-corrected chi connectivity index (χ0v) is 20.0. The van der Waals surface area contributed by atoms with Crippen LogP contribution >= 0.6 is 0 Å². The number of nitrogens with one attached hydrogen (secondary N) is 1. The van der Waals surface area contributed by atoms with Crippen LogP contribution in [-0.4, -0.2) is 43.8 Å². The lowest BCUT2D eigenvalue weighted by molar-refractivity contribution is -0.147. The highest BCUT2D eigenvalue weighted by molar-refractivity contribution is 7.92. The molecular formula is C26H24N2O6S. The van der Waals surface area contributed by atoms with Crippen molar-refractivity contribution in [1.29, 1.82) is 0 Å². The lowest BCUT2D eigenvalue weighted by Crippen LogP contribution is -2.47. The number of esters is 1. The summed E-state index contributed by atoms with van der Waals surface area (Å²) in [5.41, 5.74) is 2.39. The molecule has 0 aromatic heterocycles. The van der Waals surface area contributed by atoms with Crippen molar-refractivity contribution in [2.45, 2.75) is 31.2 Å². The average Bonchev–Trinajstić information content (AvgIpc) is 3.09. The molecule has 35 heavy (non-hydrogen) atoms. The largest absolute Gasteiger partial charge is 0.464 e. The third kappa shape index (κ3) is 4.95. The molecule has 0 saturated carbocycles. The van der Waals surface area contributed by atoms with Gasteiger partial charge in [-0.1, -0.05) is 42.0 Å². The van der Waals surface area contributed by atoms with E-state index in [1.165, 1.54) is 12.1 Å². The summed E-state index contributed by atoms with van der Waals surface area (Å²) in [6.45, 7) is 3.61. The summed E-state index contributed by atoms with van der Waals surface area (Å²) in [5.74, 6) is -1.79. The molecule has 0 bridgehead atoms. The molecule has 0 fully saturated rings. The second kappa shape index (κ2) is 9.71. The van der Waals surface area contributed by atoms with Gasteiger partial charge in [0.05, 0.1) is 22.6 Å². The molecule has 2 amide bonds. The van der Waals surface area contributed by atoms with Crippen LogP contribution in [0.5, 0.6) is 0 Å². The van der Waals surface area contributed by atoms with Crippen LogP contribution in [-0.2, 0) is 26.0 Å². The highest BCUT2D eigenvalue weighted by Gasteiger charge is 2.43. The smallest absolute Gasteiger partial charge is 0.329 e. The Labute approximate surface area is 203 Å². The number of aryl methyl sites for hydroxylation is 1. The van der Waals surface area contributed by atoms with E-state index < -0.39 is 33.8 Å². The lowest BCUT2D eigenvalue weighted by Gasteiger charge is -2.24. The number of ether oxygens (including phenoxy) is 1. The molecule has 1 heterocycles. The first-order valence-electron chi connectivity index (χ1n) is 11.0. The number of hydrogen-bond acceptors (Lipinski definition) is 6. The maximum absolute atomic E-state index is 12.9.